The average Bonchev–Trinajstić information content (AvgIpc) is 3.51. The van der Waals surface area contributed by atoms with Gasteiger partial charge in [-0.25, -0.2) is 0 Å². The van der Waals surface area contributed by atoms with E-state index >= 15 is 0 Å². The van der Waals surface area contributed by atoms with Gasteiger partial charge in [0, 0.05) is 17.1 Å². The average molecular weight is 597 g/mol. The lowest BCUT2D eigenvalue weighted by Gasteiger charge is -2.27. The molecule has 1 fully saturated rings. The molecule has 228 valence electrons. The molecule has 1 aromatic carbocycles. The van der Waals surface area contributed by atoms with Crippen molar-refractivity contribution in [3.8, 4) is 5.75 Å². The third-order valence-electron chi connectivity index (χ3n) is 7.59. The summed E-state index contributed by atoms with van der Waals surface area (Å²) in [5.74, 6) is 1.93. The minimum absolute atomic E-state index is 0.192. The number of esters is 2. The molecule has 2 unspecified atom stereocenters. The Morgan fingerprint density at radius 3 is 2.25 bits per heavy atom. The van der Waals surface area contributed by atoms with E-state index < -0.39 is 6.10 Å². The van der Waals surface area contributed by atoms with Crippen molar-refractivity contribution < 1.29 is 28.9 Å². The molecule has 0 heterocycles. The van der Waals surface area contributed by atoms with Crippen molar-refractivity contribution in [1.82, 2.24) is 0 Å². The molecule has 40 heavy (non-hydrogen) atoms. The lowest BCUT2D eigenvalue weighted by Crippen LogP contribution is -2.22. The van der Waals surface area contributed by atoms with Gasteiger partial charge >= 0.3 is 11.9 Å². The minimum Gasteiger partial charge on any atom is -0.493 e. The normalized spacial score (nSPS) is 15.1. The zero-order valence-electron chi connectivity index (χ0n) is 25.0. The number of para-hydroxylation sites is 1. The Kier molecular flexibility index (Phi) is 18.6. The predicted octanol–water partition coefficient (Wildman–Crippen LogP) is 7.86. The number of ether oxygens (including phenoxy) is 3. The van der Waals surface area contributed by atoms with Crippen LogP contribution in [0.5, 0.6) is 5.75 Å². The fourth-order valence-electron chi connectivity index (χ4n) is 5.30. The molecule has 2 rings (SSSR count). The summed E-state index contributed by atoms with van der Waals surface area (Å²) in [6, 6.07) is 6.34. The molecular weight excluding hydrogens is 544 g/mol. The second-order valence-corrected chi connectivity index (χ2v) is 13.0. The molecule has 0 spiro atoms. The monoisotopic (exact) mass is 596 g/mol. The maximum absolute atomic E-state index is 11.8. The molecule has 1 aliphatic rings. The van der Waals surface area contributed by atoms with Crippen molar-refractivity contribution in [2.75, 3.05) is 38.1 Å². The van der Waals surface area contributed by atoms with Crippen LogP contribution in [0.25, 0.3) is 0 Å². The Morgan fingerprint density at radius 2 is 1.60 bits per heavy atom. The Balaban J connectivity index is 2.12. The van der Waals surface area contributed by atoms with E-state index in [4.69, 9.17) is 14.2 Å². The van der Waals surface area contributed by atoms with Crippen LogP contribution in [0.2, 0.25) is 0 Å². The van der Waals surface area contributed by atoms with E-state index in [1.807, 2.05) is 0 Å². The maximum atomic E-state index is 11.8. The number of benzene rings is 1. The first-order valence-electron chi connectivity index (χ1n) is 15.3. The molecule has 1 N–H and O–H groups in total. The molecule has 0 saturated heterocycles. The molecule has 6 nitrogen and oxygen atoms in total. The number of carbonyl (C=O) groups is 2. The van der Waals surface area contributed by atoms with Crippen molar-refractivity contribution in [2.24, 2.45) is 0 Å². The standard InChI is InChI=1S/C32H52O6S2/c1-4-5-6-7-8-9-10-11-14-21-38-31-26(25-16-12-13-17-25)18-15-19-27(31)32(40-22-20-29(34)36-2)28(33)23-39-24-30(35)37-3/h15,18-19,25,28,32-33H,4-14,16-17,20-24H2,1-3H3. The quantitative estimate of drug-likeness (QED) is 0.107. The number of unbranched alkanes of at least 4 members (excludes halogenated alkanes) is 8. The lowest BCUT2D eigenvalue weighted by molar-refractivity contribution is -0.140. The van der Waals surface area contributed by atoms with Gasteiger partial charge in [-0.2, -0.15) is 11.8 Å². The topological polar surface area (TPSA) is 82.1 Å². The third-order valence-corrected chi connectivity index (χ3v) is 9.97. The Bertz CT molecular complexity index is 843. The van der Waals surface area contributed by atoms with Gasteiger partial charge in [0.15, 0.2) is 0 Å². The van der Waals surface area contributed by atoms with E-state index in [2.05, 4.69) is 25.1 Å². The molecule has 0 radical (unpaired) electrons. The molecule has 1 aromatic rings. The molecule has 0 aromatic heterocycles. The van der Waals surface area contributed by atoms with Gasteiger partial charge in [0.1, 0.15) is 5.75 Å². The largest absolute Gasteiger partial charge is 0.493 e. The molecule has 0 aliphatic heterocycles. The van der Waals surface area contributed by atoms with E-state index in [1.54, 1.807) is 11.8 Å². The van der Waals surface area contributed by atoms with E-state index in [-0.39, 0.29) is 29.4 Å². The van der Waals surface area contributed by atoms with Crippen molar-refractivity contribution in [1.29, 1.82) is 0 Å². The lowest BCUT2D eigenvalue weighted by atomic mass is 9.93. The van der Waals surface area contributed by atoms with E-state index in [1.165, 1.54) is 95.8 Å². The number of aliphatic hydroxyl groups excluding tert-OH is 1. The van der Waals surface area contributed by atoms with Crippen LogP contribution in [0.1, 0.15) is 119 Å². The van der Waals surface area contributed by atoms with Gasteiger partial charge in [0.05, 0.1) is 44.4 Å². The summed E-state index contributed by atoms with van der Waals surface area (Å²) in [5, 5.41) is 11.0. The molecule has 1 aliphatic carbocycles. The van der Waals surface area contributed by atoms with Crippen molar-refractivity contribution >= 4 is 35.5 Å². The highest BCUT2D eigenvalue weighted by molar-refractivity contribution is 8.00. The highest BCUT2D eigenvalue weighted by Crippen LogP contribution is 2.45. The summed E-state index contributed by atoms with van der Waals surface area (Å²) in [7, 11) is 2.77. The number of hydrogen-bond acceptors (Lipinski definition) is 8. The van der Waals surface area contributed by atoms with Gasteiger partial charge in [-0.15, -0.1) is 11.8 Å². The van der Waals surface area contributed by atoms with Crippen molar-refractivity contribution in [3.05, 3.63) is 29.3 Å². The second-order valence-electron chi connectivity index (χ2n) is 10.7. The van der Waals surface area contributed by atoms with Crippen molar-refractivity contribution in [3.63, 3.8) is 0 Å². The van der Waals surface area contributed by atoms with Crippen LogP contribution in [-0.4, -0.2) is 61.2 Å². The van der Waals surface area contributed by atoms with Gasteiger partial charge in [-0.1, -0.05) is 89.3 Å². The van der Waals surface area contributed by atoms with Crippen molar-refractivity contribution in [2.45, 2.75) is 114 Å². The first kappa shape index (κ1) is 34.8. The van der Waals surface area contributed by atoms with Crippen LogP contribution in [0.4, 0.5) is 0 Å². The second kappa shape index (κ2) is 21.3. The summed E-state index contributed by atoms with van der Waals surface area (Å²) >= 11 is 2.92. The molecule has 0 bridgehead atoms. The van der Waals surface area contributed by atoms with Gasteiger partial charge < -0.3 is 19.3 Å². The van der Waals surface area contributed by atoms with Crippen LogP contribution in [0.3, 0.4) is 0 Å². The highest BCUT2D eigenvalue weighted by Gasteiger charge is 2.29. The molecule has 2 atom stereocenters. The molecular formula is C32H52O6S2. The summed E-state index contributed by atoms with van der Waals surface area (Å²) in [5.41, 5.74) is 2.24. The van der Waals surface area contributed by atoms with Gasteiger partial charge in [-0.05, 0) is 30.7 Å². The van der Waals surface area contributed by atoms with Crippen LogP contribution in [0.15, 0.2) is 18.2 Å². The summed E-state index contributed by atoms with van der Waals surface area (Å²) in [6.07, 6.45) is 15.7. The van der Waals surface area contributed by atoms with Crippen LogP contribution >= 0.6 is 23.5 Å². The van der Waals surface area contributed by atoms with Gasteiger partial charge in [0.2, 0.25) is 0 Å². The number of methoxy groups -OCH3 is 2. The van der Waals surface area contributed by atoms with Crippen LogP contribution in [0, 0.1) is 0 Å². The fraction of sp³-hybridized carbons (Fsp3) is 0.750. The summed E-state index contributed by atoms with van der Waals surface area (Å²) in [4.78, 5) is 23.4. The zero-order chi connectivity index (χ0) is 29.0. The predicted molar refractivity (Wildman–Crippen MR) is 168 cm³/mol. The fourth-order valence-corrected chi connectivity index (χ4v) is 7.48. The van der Waals surface area contributed by atoms with Gasteiger partial charge in [0.25, 0.3) is 0 Å². The number of aliphatic hydroxyl groups is 1. The Labute approximate surface area is 251 Å². The minimum atomic E-state index is -0.716. The number of thioether (sulfide) groups is 2. The highest BCUT2D eigenvalue weighted by atomic mass is 32.2. The number of carbonyl (C=O) groups excluding carboxylic acids is 2. The van der Waals surface area contributed by atoms with E-state index in [9.17, 15) is 14.7 Å². The number of rotatable bonds is 22. The molecule has 8 heteroatoms. The Hall–Kier alpha value is -1.38. The maximum Gasteiger partial charge on any atom is 0.315 e. The van der Waals surface area contributed by atoms with E-state index in [0.29, 0.717) is 24.0 Å². The number of hydrogen-bond donors (Lipinski definition) is 1. The zero-order valence-corrected chi connectivity index (χ0v) is 26.6. The summed E-state index contributed by atoms with van der Waals surface area (Å²) in [6.45, 7) is 2.92. The first-order chi connectivity index (χ1) is 19.5. The first-order valence-corrected chi connectivity index (χ1v) is 17.5. The smallest absolute Gasteiger partial charge is 0.315 e. The van der Waals surface area contributed by atoms with Crippen LogP contribution in [-0.2, 0) is 19.1 Å². The van der Waals surface area contributed by atoms with Crippen LogP contribution < -0.4 is 4.74 Å². The van der Waals surface area contributed by atoms with Gasteiger partial charge in [-0.3, -0.25) is 9.59 Å². The molecule has 1 saturated carbocycles. The molecule has 0 amide bonds. The summed E-state index contributed by atoms with van der Waals surface area (Å²) < 4.78 is 16.2. The SMILES string of the molecule is CCCCCCCCCCCOc1c(C2CCCC2)cccc1C(SCCC(=O)OC)C(O)CSCC(=O)OC. The third kappa shape index (κ3) is 13.1. The Morgan fingerprint density at radius 1 is 0.950 bits per heavy atom. The van der Waals surface area contributed by atoms with E-state index in [0.717, 1.165) is 30.6 Å².